The van der Waals surface area contributed by atoms with Crippen LogP contribution >= 0.6 is 0 Å². The third-order valence-electron chi connectivity index (χ3n) is 5.49. The molecule has 0 spiro atoms. The molecule has 0 bridgehead atoms. The maximum absolute atomic E-state index is 12.8. The molecule has 0 N–H and O–H groups in total. The maximum atomic E-state index is 12.8. The van der Waals surface area contributed by atoms with Crippen LogP contribution in [-0.2, 0) is 32.3 Å². The Hall–Kier alpha value is -4.71. The summed E-state index contributed by atoms with van der Waals surface area (Å²) in [6.45, 7) is 8.85. The van der Waals surface area contributed by atoms with Gasteiger partial charge >= 0.3 is 17.9 Å². The van der Waals surface area contributed by atoms with Gasteiger partial charge in [0.05, 0.1) is 5.56 Å². The van der Waals surface area contributed by atoms with E-state index in [-0.39, 0.29) is 13.2 Å². The van der Waals surface area contributed by atoms with E-state index >= 15 is 0 Å². The lowest BCUT2D eigenvalue weighted by Gasteiger charge is -2.09. The van der Waals surface area contributed by atoms with Crippen LogP contribution in [0.1, 0.15) is 28.4 Å². The van der Waals surface area contributed by atoms with Gasteiger partial charge in [0, 0.05) is 11.6 Å². The Balaban J connectivity index is 1.44. The number of rotatable bonds is 8. The van der Waals surface area contributed by atoms with E-state index in [2.05, 4.69) is 13.2 Å². The summed E-state index contributed by atoms with van der Waals surface area (Å²) in [5.41, 5.74) is 2.45. The third-order valence-corrected chi connectivity index (χ3v) is 5.49. The summed E-state index contributed by atoms with van der Waals surface area (Å²) in [4.78, 5) is 35.7. The Morgan fingerprint density at radius 1 is 0.750 bits per heavy atom. The molecule has 0 atom stereocenters. The Kier molecular flexibility index (Phi) is 7.25. The van der Waals surface area contributed by atoms with Crippen LogP contribution in [0.5, 0.6) is 5.75 Å². The number of benzene rings is 4. The first-order valence-corrected chi connectivity index (χ1v) is 11.2. The number of hydrogen-bond donors (Lipinski definition) is 0. The first kappa shape index (κ1) is 24.4. The van der Waals surface area contributed by atoms with Crippen LogP contribution in [0, 0.1) is 0 Å². The Morgan fingerprint density at radius 3 is 1.94 bits per heavy atom. The number of hydrogen-bond acceptors (Lipinski definition) is 6. The number of esters is 3. The van der Waals surface area contributed by atoms with Gasteiger partial charge in [0.15, 0.2) is 0 Å². The van der Waals surface area contributed by atoms with Crippen molar-refractivity contribution in [2.45, 2.75) is 20.1 Å². The van der Waals surface area contributed by atoms with Crippen LogP contribution in [0.2, 0.25) is 0 Å². The molecule has 0 aliphatic carbocycles. The lowest BCUT2D eigenvalue weighted by Crippen LogP contribution is -2.08. The van der Waals surface area contributed by atoms with Crippen molar-refractivity contribution in [1.29, 1.82) is 0 Å². The van der Waals surface area contributed by atoms with Gasteiger partial charge in [0.2, 0.25) is 0 Å². The van der Waals surface area contributed by atoms with Gasteiger partial charge in [-0.05, 0) is 76.0 Å². The molecule has 6 heteroatoms. The van der Waals surface area contributed by atoms with Gasteiger partial charge in [-0.15, -0.1) is 0 Å². The van der Waals surface area contributed by atoms with Crippen LogP contribution < -0.4 is 4.74 Å². The monoisotopic (exact) mass is 480 g/mol. The van der Waals surface area contributed by atoms with Crippen molar-refractivity contribution in [3.8, 4) is 5.75 Å². The minimum absolute atomic E-state index is 0.148. The second-order valence-corrected chi connectivity index (χ2v) is 8.30. The van der Waals surface area contributed by atoms with Crippen LogP contribution in [-0.4, -0.2) is 17.9 Å². The lowest BCUT2D eigenvalue weighted by atomic mass is 10.0. The molecule has 0 saturated heterocycles. The van der Waals surface area contributed by atoms with Crippen molar-refractivity contribution >= 4 is 39.5 Å². The molecule has 6 nitrogen and oxygen atoms in total. The van der Waals surface area contributed by atoms with Crippen molar-refractivity contribution in [3.63, 3.8) is 0 Å². The third kappa shape index (κ3) is 5.85. The quantitative estimate of drug-likeness (QED) is 0.173. The molecule has 4 aromatic rings. The summed E-state index contributed by atoms with van der Waals surface area (Å²) in [6, 6.07) is 21.9. The van der Waals surface area contributed by atoms with Crippen molar-refractivity contribution < 1.29 is 28.6 Å². The molecule has 180 valence electrons. The highest BCUT2D eigenvalue weighted by Crippen LogP contribution is 2.24. The smallest absolute Gasteiger partial charge is 0.343 e. The number of carbonyl (C=O) groups excluding carboxylic acids is 3. The summed E-state index contributed by atoms with van der Waals surface area (Å²) in [7, 11) is 0. The molecule has 0 amide bonds. The van der Waals surface area contributed by atoms with Gasteiger partial charge in [-0.2, -0.15) is 0 Å². The summed E-state index contributed by atoms with van der Waals surface area (Å²) < 4.78 is 15.9. The molecule has 0 radical (unpaired) electrons. The van der Waals surface area contributed by atoms with E-state index in [1.807, 2.05) is 48.5 Å². The summed E-state index contributed by atoms with van der Waals surface area (Å²) in [5, 5.41) is 3.59. The zero-order valence-corrected chi connectivity index (χ0v) is 19.8. The average molecular weight is 481 g/mol. The Bertz CT molecular complexity index is 1510. The topological polar surface area (TPSA) is 78.9 Å². The van der Waals surface area contributed by atoms with Gasteiger partial charge in [0.1, 0.15) is 19.0 Å². The number of carbonyl (C=O) groups is 3. The summed E-state index contributed by atoms with van der Waals surface area (Å²) >= 11 is 0. The average Bonchev–Trinajstić information content (AvgIpc) is 2.89. The molecule has 0 fully saturated rings. The second kappa shape index (κ2) is 10.7. The first-order valence-electron chi connectivity index (χ1n) is 11.2. The van der Waals surface area contributed by atoms with E-state index in [1.165, 1.54) is 0 Å². The minimum Gasteiger partial charge on any atom is -0.458 e. The van der Waals surface area contributed by atoms with E-state index in [1.54, 1.807) is 31.2 Å². The highest BCUT2D eigenvalue weighted by atomic mass is 16.5. The van der Waals surface area contributed by atoms with E-state index < -0.39 is 17.9 Å². The van der Waals surface area contributed by atoms with E-state index in [4.69, 9.17) is 14.2 Å². The number of ether oxygens (including phenoxy) is 3. The molecule has 0 heterocycles. The minimum atomic E-state index is -0.476. The zero-order chi connectivity index (χ0) is 25.7. The van der Waals surface area contributed by atoms with Gasteiger partial charge in [-0.3, -0.25) is 0 Å². The molecular weight excluding hydrogens is 456 g/mol. The first-order chi connectivity index (χ1) is 17.3. The highest BCUT2D eigenvalue weighted by Gasteiger charge is 2.11. The Morgan fingerprint density at radius 2 is 1.31 bits per heavy atom. The molecule has 4 rings (SSSR count). The van der Waals surface area contributed by atoms with Crippen LogP contribution in [0.15, 0.2) is 97.6 Å². The van der Waals surface area contributed by atoms with Gasteiger partial charge in [-0.1, -0.05) is 49.6 Å². The molecule has 36 heavy (non-hydrogen) atoms. The maximum Gasteiger partial charge on any atom is 0.343 e. The predicted molar refractivity (Wildman–Crippen MR) is 137 cm³/mol. The van der Waals surface area contributed by atoms with Crippen LogP contribution in [0.4, 0.5) is 0 Å². The fourth-order valence-electron chi connectivity index (χ4n) is 3.59. The fraction of sp³-hybridized carbons (Fsp3) is 0.100. The second-order valence-electron chi connectivity index (χ2n) is 8.30. The SMILES string of the molecule is C=CC(=O)OCc1ccc2cc(OC(=O)c3ccc4cc(COC(=O)C(=C)C)ccc4c3)ccc2c1. The van der Waals surface area contributed by atoms with Gasteiger partial charge in [0.25, 0.3) is 0 Å². The number of fused-ring (bicyclic) bond motifs is 2. The van der Waals surface area contributed by atoms with Crippen LogP contribution in [0.25, 0.3) is 21.5 Å². The fourth-order valence-corrected chi connectivity index (χ4v) is 3.59. The van der Waals surface area contributed by atoms with Crippen molar-refractivity contribution in [2.75, 3.05) is 0 Å². The normalized spacial score (nSPS) is 10.6. The molecular formula is C30H24O6. The van der Waals surface area contributed by atoms with Crippen molar-refractivity contribution in [3.05, 3.63) is 114 Å². The highest BCUT2D eigenvalue weighted by molar-refractivity contribution is 5.97. The predicted octanol–water partition coefficient (Wildman–Crippen LogP) is 6.06. The van der Waals surface area contributed by atoms with Gasteiger partial charge < -0.3 is 14.2 Å². The molecule has 4 aromatic carbocycles. The Labute approximate surface area is 208 Å². The summed E-state index contributed by atoms with van der Waals surface area (Å²) in [6.07, 6.45) is 1.12. The van der Waals surface area contributed by atoms with Crippen molar-refractivity contribution in [2.24, 2.45) is 0 Å². The van der Waals surface area contributed by atoms with Crippen molar-refractivity contribution in [1.82, 2.24) is 0 Å². The van der Waals surface area contributed by atoms with E-state index in [0.29, 0.717) is 16.9 Å². The van der Waals surface area contributed by atoms with E-state index in [9.17, 15) is 14.4 Å². The lowest BCUT2D eigenvalue weighted by molar-refractivity contribution is -0.140. The molecule has 0 unspecified atom stereocenters. The molecule has 0 aliphatic heterocycles. The standard InChI is InChI=1S/C30H24O6/c1-4-28(31)34-17-20-6-8-25-16-27(12-11-23(25)13-20)36-30(33)26-10-9-22-14-21(5-7-24(22)15-26)18-35-29(32)19(2)3/h4-16H,1-2,17-18H2,3H3. The molecule has 0 aromatic heterocycles. The summed E-state index contributed by atoms with van der Waals surface area (Å²) in [5.74, 6) is -0.955. The molecule has 0 aliphatic rings. The van der Waals surface area contributed by atoms with E-state index in [0.717, 1.165) is 38.7 Å². The van der Waals surface area contributed by atoms with Gasteiger partial charge in [-0.25, -0.2) is 14.4 Å². The molecule has 0 saturated carbocycles. The van der Waals surface area contributed by atoms with Crippen LogP contribution in [0.3, 0.4) is 0 Å². The largest absolute Gasteiger partial charge is 0.458 e. The zero-order valence-electron chi connectivity index (χ0n) is 19.8.